The van der Waals surface area contributed by atoms with Gasteiger partial charge in [0.25, 0.3) is 0 Å². The zero-order valence-electron chi connectivity index (χ0n) is 12.3. The van der Waals surface area contributed by atoms with Crippen LogP contribution in [0.25, 0.3) is 11.0 Å². The van der Waals surface area contributed by atoms with Gasteiger partial charge < -0.3 is 9.52 Å². The molecule has 0 radical (unpaired) electrons. The van der Waals surface area contributed by atoms with E-state index in [4.69, 9.17) is 9.52 Å². The molecule has 1 N–H and O–H groups in total. The van der Waals surface area contributed by atoms with Crippen LogP contribution in [0.2, 0.25) is 0 Å². The fraction of sp³-hybridized carbons (Fsp3) is 0.0556. The highest BCUT2D eigenvalue weighted by molar-refractivity contribution is 6.02. The molecule has 0 spiro atoms. The van der Waals surface area contributed by atoms with Gasteiger partial charge in [-0.05, 0) is 37.3 Å². The standard InChI is InChI=1S/C18H13NO4/c1-11(19-14-7-4-6-13(9-14)17(20)21)15-10-12-5-2-3-8-16(12)23-18(15)22/h2-10H,1H3,(H,20,21). The third kappa shape index (κ3) is 3.03. The lowest BCUT2D eigenvalue weighted by atomic mass is 10.1. The zero-order valence-corrected chi connectivity index (χ0v) is 12.3. The molecule has 1 aromatic heterocycles. The van der Waals surface area contributed by atoms with Crippen molar-refractivity contribution in [3.05, 3.63) is 76.1 Å². The van der Waals surface area contributed by atoms with Crippen molar-refractivity contribution in [1.29, 1.82) is 0 Å². The Morgan fingerprint density at radius 3 is 2.65 bits per heavy atom. The van der Waals surface area contributed by atoms with E-state index in [1.54, 1.807) is 37.3 Å². The zero-order chi connectivity index (χ0) is 16.4. The van der Waals surface area contributed by atoms with E-state index in [2.05, 4.69) is 4.99 Å². The quantitative estimate of drug-likeness (QED) is 0.592. The average molecular weight is 307 g/mol. The Kier molecular flexibility index (Phi) is 3.76. The summed E-state index contributed by atoms with van der Waals surface area (Å²) >= 11 is 0. The molecule has 0 fully saturated rings. The normalized spacial score (nSPS) is 11.6. The number of para-hydroxylation sites is 1. The summed E-state index contributed by atoms with van der Waals surface area (Å²) in [7, 11) is 0. The number of aromatic carboxylic acids is 1. The molecule has 1 heterocycles. The van der Waals surface area contributed by atoms with E-state index in [1.807, 2.05) is 12.1 Å². The number of hydrogen-bond donors (Lipinski definition) is 1. The number of hydrogen-bond acceptors (Lipinski definition) is 4. The number of nitrogens with zero attached hydrogens (tertiary/aromatic N) is 1. The van der Waals surface area contributed by atoms with Crippen LogP contribution in [0.1, 0.15) is 22.8 Å². The van der Waals surface area contributed by atoms with Crippen LogP contribution in [0.3, 0.4) is 0 Å². The Morgan fingerprint density at radius 1 is 1.09 bits per heavy atom. The molecule has 2 aromatic carbocycles. The Morgan fingerprint density at radius 2 is 1.87 bits per heavy atom. The second-order valence-electron chi connectivity index (χ2n) is 5.04. The van der Waals surface area contributed by atoms with Crippen molar-refractivity contribution in [1.82, 2.24) is 0 Å². The predicted octanol–water partition coefficient (Wildman–Crippen LogP) is 3.63. The van der Waals surface area contributed by atoms with E-state index >= 15 is 0 Å². The molecule has 0 atom stereocenters. The monoisotopic (exact) mass is 307 g/mol. The van der Waals surface area contributed by atoms with Crippen LogP contribution in [0.5, 0.6) is 0 Å². The SMILES string of the molecule is CC(=Nc1cccc(C(=O)O)c1)c1cc2ccccc2oc1=O. The van der Waals surface area contributed by atoms with Crippen LogP contribution < -0.4 is 5.63 Å². The van der Waals surface area contributed by atoms with Crippen molar-refractivity contribution >= 4 is 28.3 Å². The van der Waals surface area contributed by atoms with Crippen LogP contribution in [-0.4, -0.2) is 16.8 Å². The van der Waals surface area contributed by atoms with E-state index in [-0.39, 0.29) is 5.56 Å². The van der Waals surface area contributed by atoms with Crippen LogP contribution in [-0.2, 0) is 0 Å². The van der Waals surface area contributed by atoms with Crippen LogP contribution in [0.15, 0.2) is 68.8 Å². The van der Waals surface area contributed by atoms with Gasteiger partial charge in [-0.2, -0.15) is 0 Å². The van der Waals surface area contributed by atoms with Gasteiger partial charge >= 0.3 is 11.6 Å². The minimum Gasteiger partial charge on any atom is -0.478 e. The van der Waals surface area contributed by atoms with Crippen molar-refractivity contribution in [3.63, 3.8) is 0 Å². The summed E-state index contributed by atoms with van der Waals surface area (Å²) in [4.78, 5) is 27.4. The van der Waals surface area contributed by atoms with Crippen molar-refractivity contribution in [3.8, 4) is 0 Å². The highest BCUT2D eigenvalue weighted by atomic mass is 16.4. The van der Waals surface area contributed by atoms with Gasteiger partial charge in [0, 0.05) is 5.39 Å². The summed E-state index contributed by atoms with van der Waals surface area (Å²) in [5, 5.41) is 9.81. The molecule has 0 unspecified atom stereocenters. The predicted molar refractivity (Wildman–Crippen MR) is 87.8 cm³/mol. The number of rotatable bonds is 3. The van der Waals surface area contributed by atoms with Gasteiger partial charge in [0.1, 0.15) is 5.58 Å². The Balaban J connectivity index is 2.07. The van der Waals surface area contributed by atoms with Crippen LogP contribution >= 0.6 is 0 Å². The molecule has 5 nitrogen and oxygen atoms in total. The first-order valence-corrected chi connectivity index (χ1v) is 6.96. The topological polar surface area (TPSA) is 79.9 Å². The summed E-state index contributed by atoms with van der Waals surface area (Å²) in [6.45, 7) is 1.69. The Bertz CT molecular complexity index is 985. The van der Waals surface area contributed by atoms with Crippen molar-refractivity contribution < 1.29 is 14.3 Å². The third-order valence-electron chi connectivity index (χ3n) is 3.42. The molecule has 0 bridgehead atoms. The highest BCUT2D eigenvalue weighted by Gasteiger charge is 2.09. The first-order chi connectivity index (χ1) is 11.0. The van der Waals surface area contributed by atoms with Gasteiger partial charge in [0.2, 0.25) is 0 Å². The summed E-state index contributed by atoms with van der Waals surface area (Å²) in [6, 6.07) is 15.2. The number of carboxylic acid groups (broad SMARTS) is 1. The lowest BCUT2D eigenvalue weighted by molar-refractivity contribution is 0.0697. The molecule has 0 saturated carbocycles. The molecule has 0 aliphatic carbocycles. The third-order valence-corrected chi connectivity index (χ3v) is 3.42. The second kappa shape index (κ2) is 5.88. The van der Waals surface area contributed by atoms with Crippen molar-refractivity contribution in [2.75, 3.05) is 0 Å². The maximum atomic E-state index is 12.1. The maximum Gasteiger partial charge on any atom is 0.345 e. The van der Waals surface area contributed by atoms with E-state index < -0.39 is 11.6 Å². The van der Waals surface area contributed by atoms with Gasteiger partial charge in [-0.25, -0.2) is 9.59 Å². The molecule has 5 heteroatoms. The Labute approximate surface area is 131 Å². The fourth-order valence-corrected chi connectivity index (χ4v) is 2.28. The van der Waals surface area contributed by atoms with Gasteiger partial charge in [0.05, 0.1) is 22.5 Å². The lowest BCUT2D eigenvalue weighted by Gasteiger charge is -2.03. The summed E-state index contributed by atoms with van der Waals surface area (Å²) in [5.41, 5.74) is 1.47. The van der Waals surface area contributed by atoms with E-state index in [0.717, 1.165) is 5.39 Å². The lowest BCUT2D eigenvalue weighted by Crippen LogP contribution is -2.11. The molecule has 0 aliphatic rings. The minimum atomic E-state index is -1.02. The van der Waals surface area contributed by atoms with Gasteiger partial charge in [-0.15, -0.1) is 0 Å². The molecule has 23 heavy (non-hydrogen) atoms. The first-order valence-electron chi connectivity index (χ1n) is 6.96. The number of carboxylic acids is 1. The minimum absolute atomic E-state index is 0.143. The van der Waals surface area contributed by atoms with Crippen molar-refractivity contribution in [2.45, 2.75) is 6.92 Å². The number of fused-ring (bicyclic) bond motifs is 1. The smallest absolute Gasteiger partial charge is 0.345 e. The molecule has 0 aliphatic heterocycles. The second-order valence-corrected chi connectivity index (χ2v) is 5.04. The summed E-state index contributed by atoms with van der Waals surface area (Å²) in [5.74, 6) is -1.02. The largest absolute Gasteiger partial charge is 0.478 e. The molecular formula is C18H13NO4. The number of benzene rings is 2. The molecule has 114 valence electrons. The fourth-order valence-electron chi connectivity index (χ4n) is 2.28. The van der Waals surface area contributed by atoms with Gasteiger partial charge in [0.15, 0.2) is 0 Å². The number of carbonyl (C=O) groups is 1. The van der Waals surface area contributed by atoms with E-state index in [1.165, 1.54) is 12.1 Å². The molecular weight excluding hydrogens is 294 g/mol. The number of aliphatic imine (C=N–C) groups is 1. The molecule has 0 amide bonds. The Hall–Kier alpha value is -3.21. The first kappa shape index (κ1) is 14.7. The molecule has 0 saturated heterocycles. The molecule has 3 aromatic rings. The van der Waals surface area contributed by atoms with Gasteiger partial charge in [-0.3, -0.25) is 4.99 Å². The van der Waals surface area contributed by atoms with Crippen LogP contribution in [0.4, 0.5) is 5.69 Å². The van der Waals surface area contributed by atoms with Gasteiger partial charge in [-0.1, -0.05) is 24.3 Å². The van der Waals surface area contributed by atoms with E-state index in [9.17, 15) is 9.59 Å². The maximum absolute atomic E-state index is 12.1. The average Bonchev–Trinajstić information content (AvgIpc) is 2.54. The highest BCUT2D eigenvalue weighted by Crippen LogP contribution is 2.17. The van der Waals surface area contributed by atoms with Crippen LogP contribution in [0, 0.1) is 0 Å². The summed E-state index contributed by atoms with van der Waals surface area (Å²) in [6.07, 6.45) is 0. The molecule has 3 rings (SSSR count). The van der Waals surface area contributed by atoms with Crippen molar-refractivity contribution in [2.24, 2.45) is 4.99 Å². The summed E-state index contributed by atoms with van der Waals surface area (Å²) < 4.78 is 5.28. The van der Waals surface area contributed by atoms with E-state index in [0.29, 0.717) is 22.5 Å².